The van der Waals surface area contributed by atoms with E-state index in [0.717, 1.165) is 38.1 Å². The molecule has 0 aliphatic carbocycles. The maximum absolute atomic E-state index is 12.7. The van der Waals surface area contributed by atoms with Crippen LogP contribution in [0.1, 0.15) is 25.3 Å². The second-order valence-corrected chi connectivity index (χ2v) is 6.19. The van der Waals surface area contributed by atoms with Gasteiger partial charge in [-0.25, -0.2) is 0 Å². The first-order valence-corrected chi connectivity index (χ1v) is 8.30. The fraction of sp³-hybridized carbons (Fsp3) is 0.500. The van der Waals surface area contributed by atoms with Crippen molar-refractivity contribution in [2.45, 2.75) is 32.0 Å². The number of nitrogens with one attached hydrogen (secondary N) is 2. The normalized spacial score (nSPS) is 18.2. The zero-order valence-corrected chi connectivity index (χ0v) is 14.4. The number of hydrogen-bond donors (Lipinski definition) is 2. The molecule has 9 heteroatoms. The van der Waals surface area contributed by atoms with Gasteiger partial charge < -0.3 is 10.6 Å². The Balaban J connectivity index is 1.96. The highest BCUT2D eigenvalue weighted by Crippen LogP contribution is 2.33. The summed E-state index contributed by atoms with van der Waals surface area (Å²) in [5, 5.41) is 4.56. The molecule has 1 aliphatic rings. The summed E-state index contributed by atoms with van der Waals surface area (Å²) >= 11 is 5.79. The predicted molar refractivity (Wildman–Crippen MR) is 88.4 cm³/mol. The summed E-state index contributed by atoms with van der Waals surface area (Å²) < 4.78 is 38.2. The first-order chi connectivity index (χ1) is 11.7. The molecule has 0 saturated carbocycles. The fourth-order valence-corrected chi connectivity index (χ4v) is 2.97. The number of anilines is 1. The molecule has 1 fully saturated rings. The van der Waals surface area contributed by atoms with Gasteiger partial charge in [-0.3, -0.25) is 14.5 Å². The maximum Gasteiger partial charge on any atom is 0.416 e. The van der Waals surface area contributed by atoms with Gasteiger partial charge in [0.05, 0.1) is 16.3 Å². The largest absolute Gasteiger partial charge is 0.416 e. The maximum atomic E-state index is 12.7. The van der Waals surface area contributed by atoms with Crippen molar-refractivity contribution in [2.24, 2.45) is 0 Å². The Hall–Kier alpha value is -1.80. The molecule has 5 nitrogen and oxygen atoms in total. The Morgan fingerprint density at radius 2 is 2.04 bits per heavy atom. The molecule has 0 unspecified atom stereocenters. The molecule has 1 aromatic carbocycles. The minimum Gasteiger partial charge on any atom is -0.346 e. The molecule has 138 valence electrons. The average molecular weight is 378 g/mol. The van der Waals surface area contributed by atoms with Crippen LogP contribution in [-0.4, -0.2) is 42.4 Å². The molecule has 0 aromatic heterocycles. The van der Waals surface area contributed by atoms with Crippen molar-refractivity contribution in [1.29, 1.82) is 0 Å². The van der Waals surface area contributed by atoms with Gasteiger partial charge in [-0.2, -0.15) is 13.2 Å². The Labute approximate surface area is 148 Å². The van der Waals surface area contributed by atoms with Gasteiger partial charge in [0.2, 0.25) is 0 Å². The fourth-order valence-electron chi connectivity index (χ4n) is 2.81. The third kappa shape index (κ3) is 5.09. The third-order valence-electron chi connectivity index (χ3n) is 4.15. The lowest BCUT2D eigenvalue weighted by atomic mass is 10.2. The Kier molecular flexibility index (Phi) is 6.29. The van der Waals surface area contributed by atoms with Crippen LogP contribution in [-0.2, 0) is 15.8 Å². The molecule has 0 bridgehead atoms. The van der Waals surface area contributed by atoms with Crippen LogP contribution in [0, 0.1) is 0 Å². The van der Waals surface area contributed by atoms with Crippen molar-refractivity contribution >= 4 is 29.1 Å². The van der Waals surface area contributed by atoms with Gasteiger partial charge in [0, 0.05) is 12.6 Å². The molecule has 25 heavy (non-hydrogen) atoms. The number of carbonyl (C=O) groups is 2. The van der Waals surface area contributed by atoms with Crippen molar-refractivity contribution in [3.05, 3.63) is 28.8 Å². The summed E-state index contributed by atoms with van der Waals surface area (Å²) in [6.07, 6.45) is -2.62. The van der Waals surface area contributed by atoms with E-state index in [4.69, 9.17) is 11.6 Å². The van der Waals surface area contributed by atoms with E-state index >= 15 is 0 Å². The van der Waals surface area contributed by atoms with Crippen LogP contribution in [0.15, 0.2) is 18.2 Å². The van der Waals surface area contributed by atoms with Crippen LogP contribution in [0.4, 0.5) is 18.9 Å². The second-order valence-electron chi connectivity index (χ2n) is 5.78. The molecule has 0 radical (unpaired) electrons. The topological polar surface area (TPSA) is 61.4 Å². The van der Waals surface area contributed by atoms with Gasteiger partial charge in [0.15, 0.2) is 0 Å². The summed E-state index contributed by atoms with van der Waals surface area (Å²) in [4.78, 5) is 26.0. The van der Waals surface area contributed by atoms with Gasteiger partial charge in [-0.15, -0.1) is 0 Å². The van der Waals surface area contributed by atoms with E-state index in [-0.39, 0.29) is 16.8 Å². The van der Waals surface area contributed by atoms with E-state index in [1.807, 2.05) is 6.92 Å². The summed E-state index contributed by atoms with van der Waals surface area (Å²) in [5.41, 5.74) is -1.22. The van der Waals surface area contributed by atoms with Gasteiger partial charge in [0.1, 0.15) is 0 Å². The van der Waals surface area contributed by atoms with E-state index in [0.29, 0.717) is 12.6 Å². The van der Waals surface area contributed by atoms with E-state index in [9.17, 15) is 22.8 Å². The minimum atomic E-state index is -4.57. The van der Waals surface area contributed by atoms with Crippen LogP contribution in [0.25, 0.3) is 0 Å². The first kappa shape index (κ1) is 19.5. The average Bonchev–Trinajstić information content (AvgIpc) is 3.01. The summed E-state index contributed by atoms with van der Waals surface area (Å²) in [6.45, 7) is 4.13. The molecule has 0 spiro atoms. The van der Waals surface area contributed by atoms with Gasteiger partial charge in [-0.05, 0) is 44.1 Å². The van der Waals surface area contributed by atoms with Crippen molar-refractivity contribution in [3.8, 4) is 0 Å². The monoisotopic (exact) mass is 377 g/mol. The Morgan fingerprint density at radius 1 is 1.32 bits per heavy atom. The van der Waals surface area contributed by atoms with Crippen molar-refractivity contribution < 1.29 is 22.8 Å². The standard InChI is InChI=1S/C16H19ClF3N3O2/c1-2-23-7-3-4-11(23)9-21-14(24)15(25)22-13-8-10(16(18,19)20)5-6-12(13)17/h5-6,8,11H,2-4,7,9H2,1H3,(H,21,24)(H,22,25)/t11-/m1/s1. The van der Waals surface area contributed by atoms with Crippen LogP contribution < -0.4 is 10.6 Å². The van der Waals surface area contributed by atoms with Gasteiger partial charge in [0.25, 0.3) is 0 Å². The van der Waals surface area contributed by atoms with E-state index in [1.54, 1.807) is 0 Å². The van der Waals surface area contributed by atoms with Crippen molar-refractivity contribution in [3.63, 3.8) is 0 Å². The van der Waals surface area contributed by atoms with Gasteiger partial charge >= 0.3 is 18.0 Å². The second kappa shape index (κ2) is 8.05. The number of halogens is 4. The van der Waals surface area contributed by atoms with Crippen molar-refractivity contribution in [1.82, 2.24) is 10.2 Å². The molecular formula is C16H19ClF3N3O2. The number of rotatable bonds is 4. The minimum absolute atomic E-state index is 0.0814. The van der Waals surface area contributed by atoms with Gasteiger partial charge in [-0.1, -0.05) is 18.5 Å². The highest BCUT2D eigenvalue weighted by Gasteiger charge is 2.31. The number of hydrogen-bond acceptors (Lipinski definition) is 3. The highest BCUT2D eigenvalue weighted by molar-refractivity contribution is 6.41. The Bertz CT molecular complexity index is 652. The quantitative estimate of drug-likeness (QED) is 0.793. The number of alkyl halides is 3. The number of likely N-dealkylation sites (N-methyl/N-ethyl adjacent to an activating group) is 1. The summed E-state index contributed by atoms with van der Waals surface area (Å²) in [6, 6.07) is 2.69. The van der Waals surface area contributed by atoms with E-state index < -0.39 is 23.6 Å². The van der Waals surface area contributed by atoms with Crippen molar-refractivity contribution in [2.75, 3.05) is 25.0 Å². The lowest BCUT2D eigenvalue weighted by Crippen LogP contribution is -2.43. The highest BCUT2D eigenvalue weighted by atomic mass is 35.5. The summed E-state index contributed by atoms with van der Waals surface area (Å²) in [5.74, 6) is -1.96. The molecule has 1 atom stereocenters. The SMILES string of the molecule is CCN1CCC[C@@H]1CNC(=O)C(=O)Nc1cc(C(F)(F)F)ccc1Cl. The van der Waals surface area contributed by atoms with E-state index in [2.05, 4.69) is 15.5 Å². The van der Waals surface area contributed by atoms with E-state index in [1.165, 1.54) is 0 Å². The number of carbonyl (C=O) groups excluding carboxylic acids is 2. The zero-order valence-electron chi connectivity index (χ0n) is 13.6. The molecule has 2 rings (SSSR count). The first-order valence-electron chi connectivity index (χ1n) is 7.92. The molecule has 2 N–H and O–H groups in total. The van der Waals surface area contributed by atoms with Crippen LogP contribution in [0.3, 0.4) is 0 Å². The van der Waals surface area contributed by atoms with Crippen LogP contribution in [0.5, 0.6) is 0 Å². The molecular weight excluding hydrogens is 359 g/mol. The predicted octanol–water partition coefficient (Wildman–Crippen LogP) is 2.90. The Morgan fingerprint density at radius 3 is 2.68 bits per heavy atom. The number of benzene rings is 1. The molecule has 1 aliphatic heterocycles. The lowest BCUT2D eigenvalue weighted by Gasteiger charge is -2.22. The molecule has 2 amide bonds. The lowest BCUT2D eigenvalue weighted by molar-refractivity contribution is -0.137. The van der Waals surface area contributed by atoms with Crippen LogP contribution >= 0.6 is 11.6 Å². The number of nitrogens with zero attached hydrogens (tertiary/aromatic N) is 1. The molecule has 1 aromatic rings. The zero-order chi connectivity index (χ0) is 18.6. The molecule has 1 saturated heterocycles. The third-order valence-corrected chi connectivity index (χ3v) is 4.48. The number of likely N-dealkylation sites (tertiary alicyclic amines) is 1. The van der Waals surface area contributed by atoms with Crippen LogP contribution in [0.2, 0.25) is 5.02 Å². The number of amides is 2. The smallest absolute Gasteiger partial charge is 0.346 e. The molecule has 1 heterocycles. The summed E-state index contributed by atoms with van der Waals surface area (Å²) in [7, 11) is 0.